The Hall–Kier alpha value is -2.90. The van der Waals surface area contributed by atoms with Gasteiger partial charge < -0.3 is 9.52 Å². The number of hydrogen-bond acceptors (Lipinski definition) is 6. The van der Waals surface area contributed by atoms with E-state index in [1.807, 2.05) is 0 Å². The summed E-state index contributed by atoms with van der Waals surface area (Å²) in [5.41, 5.74) is 2.67. The summed E-state index contributed by atoms with van der Waals surface area (Å²) in [4.78, 5) is 23.7. The van der Waals surface area contributed by atoms with Crippen molar-refractivity contribution in [3.8, 4) is 5.75 Å². The molecule has 116 valence electrons. The van der Waals surface area contributed by atoms with Crippen LogP contribution in [0.2, 0.25) is 0 Å². The number of nitrogens with one attached hydrogen (secondary N) is 1. The Morgan fingerprint density at radius 3 is 2.64 bits per heavy atom. The van der Waals surface area contributed by atoms with Crippen molar-refractivity contribution in [3.63, 3.8) is 0 Å². The van der Waals surface area contributed by atoms with Crippen LogP contribution in [0.4, 0.5) is 0 Å². The lowest BCUT2D eigenvalue weighted by molar-refractivity contribution is 0.0945. The quantitative estimate of drug-likeness (QED) is 0.645. The number of nitrogens with zero attached hydrogens (tertiary/aromatic N) is 3. The number of rotatable bonds is 3. The first-order chi connectivity index (χ1) is 10.3. The van der Waals surface area contributed by atoms with Gasteiger partial charge in [0.05, 0.1) is 11.4 Å². The molecule has 2 rings (SSSR count). The summed E-state index contributed by atoms with van der Waals surface area (Å²) in [6.07, 6.45) is 0. The molecule has 2 N–H and O–H groups in total. The monoisotopic (exact) mass is 304 g/mol. The Kier molecular flexibility index (Phi) is 4.11. The fourth-order valence-electron chi connectivity index (χ4n) is 2.00. The van der Waals surface area contributed by atoms with Gasteiger partial charge in [-0.05, 0) is 26.8 Å². The van der Waals surface area contributed by atoms with Gasteiger partial charge in [-0.25, -0.2) is 10.2 Å². The standard InChI is InChI=1S/C14H16N4O4/c1-7-5-10(18(4)17-7)13(20)16-15-9(3)12-11(19)6-8(2)22-14(12)21/h5-6,19H,1-4H3,(H,16,20). The lowest BCUT2D eigenvalue weighted by atomic mass is 10.2. The van der Waals surface area contributed by atoms with E-state index in [9.17, 15) is 14.7 Å². The van der Waals surface area contributed by atoms with E-state index in [1.165, 1.54) is 17.7 Å². The van der Waals surface area contributed by atoms with Gasteiger partial charge in [0.15, 0.2) is 0 Å². The van der Waals surface area contributed by atoms with Crippen molar-refractivity contribution in [1.82, 2.24) is 15.2 Å². The lowest BCUT2D eigenvalue weighted by Gasteiger charge is -2.04. The predicted molar refractivity (Wildman–Crippen MR) is 79.0 cm³/mol. The summed E-state index contributed by atoms with van der Waals surface area (Å²) in [7, 11) is 1.64. The molecule has 0 aliphatic carbocycles. The van der Waals surface area contributed by atoms with Crippen LogP contribution in [-0.4, -0.2) is 26.5 Å². The highest BCUT2D eigenvalue weighted by molar-refractivity contribution is 6.02. The Balaban J connectivity index is 2.26. The number of amides is 1. The summed E-state index contributed by atoms with van der Waals surface area (Å²) in [6.45, 7) is 4.79. The largest absolute Gasteiger partial charge is 0.507 e. The third-order valence-corrected chi connectivity index (χ3v) is 2.98. The molecule has 2 aromatic rings. The van der Waals surface area contributed by atoms with Gasteiger partial charge in [-0.1, -0.05) is 0 Å². The average molecular weight is 304 g/mol. The van der Waals surface area contributed by atoms with E-state index in [0.717, 1.165) is 0 Å². The van der Waals surface area contributed by atoms with Crippen molar-refractivity contribution in [3.05, 3.63) is 45.3 Å². The number of hydrogen-bond donors (Lipinski definition) is 2. The maximum atomic E-state index is 12.0. The number of aryl methyl sites for hydroxylation is 3. The van der Waals surface area contributed by atoms with Crippen molar-refractivity contribution in [2.75, 3.05) is 0 Å². The summed E-state index contributed by atoms with van der Waals surface area (Å²) in [5.74, 6) is -0.437. The maximum Gasteiger partial charge on any atom is 0.348 e. The van der Waals surface area contributed by atoms with E-state index in [-0.39, 0.29) is 22.8 Å². The van der Waals surface area contributed by atoms with Gasteiger partial charge in [-0.3, -0.25) is 9.48 Å². The first kappa shape index (κ1) is 15.5. The zero-order chi connectivity index (χ0) is 16.4. The van der Waals surface area contributed by atoms with E-state index < -0.39 is 11.5 Å². The van der Waals surface area contributed by atoms with Gasteiger partial charge in [0.1, 0.15) is 22.8 Å². The molecule has 22 heavy (non-hydrogen) atoms. The average Bonchev–Trinajstić information content (AvgIpc) is 2.74. The fourth-order valence-corrected chi connectivity index (χ4v) is 2.00. The minimum absolute atomic E-state index is 0.0907. The summed E-state index contributed by atoms with van der Waals surface area (Å²) < 4.78 is 6.32. The van der Waals surface area contributed by atoms with Gasteiger partial charge in [0.25, 0.3) is 5.91 Å². The van der Waals surface area contributed by atoms with E-state index in [0.29, 0.717) is 11.4 Å². The van der Waals surface area contributed by atoms with Crippen molar-refractivity contribution in [2.45, 2.75) is 20.8 Å². The number of aromatic hydroxyl groups is 1. The Labute approximate surface area is 126 Å². The molecule has 0 aromatic carbocycles. The highest BCUT2D eigenvalue weighted by Gasteiger charge is 2.15. The van der Waals surface area contributed by atoms with Crippen molar-refractivity contribution < 1.29 is 14.3 Å². The van der Waals surface area contributed by atoms with E-state index in [1.54, 1.807) is 27.0 Å². The van der Waals surface area contributed by atoms with Crippen LogP contribution in [0.5, 0.6) is 5.75 Å². The minimum Gasteiger partial charge on any atom is -0.507 e. The maximum absolute atomic E-state index is 12.0. The second kappa shape index (κ2) is 5.84. The lowest BCUT2D eigenvalue weighted by Crippen LogP contribution is -2.23. The molecule has 0 unspecified atom stereocenters. The third-order valence-electron chi connectivity index (χ3n) is 2.98. The first-order valence-corrected chi connectivity index (χ1v) is 6.49. The molecule has 8 nitrogen and oxygen atoms in total. The summed E-state index contributed by atoms with van der Waals surface area (Å²) >= 11 is 0. The van der Waals surface area contributed by atoms with Gasteiger partial charge in [-0.15, -0.1) is 0 Å². The van der Waals surface area contributed by atoms with E-state index in [2.05, 4.69) is 15.6 Å². The summed E-state index contributed by atoms with van der Waals surface area (Å²) in [5, 5.41) is 17.7. The van der Waals surface area contributed by atoms with Crippen LogP contribution in [0.15, 0.2) is 26.4 Å². The second-order valence-electron chi connectivity index (χ2n) is 4.84. The summed E-state index contributed by atoms with van der Waals surface area (Å²) in [6, 6.07) is 2.92. The molecular formula is C14H16N4O4. The predicted octanol–water partition coefficient (Wildman–Crippen LogP) is 0.850. The molecule has 0 saturated heterocycles. The van der Waals surface area contributed by atoms with Crippen LogP contribution in [-0.2, 0) is 7.05 Å². The number of aromatic nitrogens is 2. The minimum atomic E-state index is -0.718. The normalized spacial score (nSPS) is 11.5. The Morgan fingerprint density at radius 2 is 2.09 bits per heavy atom. The van der Waals surface area contributed by atoms with E-state index in [4.69, 9.17) is 4.42 Å². The molecular weight excluding hydrogens is 288 g/mol. The Morgan fingerprint density at radius 1 is 1.41 bits per heavy atom. The molecule has 0 aliphatic rings. The zero-order valence-electron chi connectivity index (χ0n) is 12.7. The smallest absolute Gasteiger partial charge is 0.348 e. The van der Waals surface area contributed by atoms with Gasteiger partial charge in [0.2, 0.25) is 0 Å². The van der Waals surface area contributed by atoms with Gasteiger partial charge >= 0.3 is 5.63 Å². The Bertz CT molecular complexity index is 817. The topological polar surface area (TPSA) is 110 Å². The molecule has 8 heteroatoms. The number of carbonyl (C=O) groups excluding carboxylic acids is 1. The van der Waals surface area contributed by atoms with E-state index >= 15 is 0 Å². The molecule has 0 spiro atoms. The molecule has 0 fully saturated rings. The molecule has 1 amide bonds. The highest BCUT2D eigenvalue weighted by atomic mass is 16.4. The molecule has 0 aliphatic heterocycles. The van der Waals surface area contributed by atoms with Crippen LogP contribution >= 0.6 is 0 Å². The van der Waals surface area contributed by atoms with Crippen molar-refractivity contribution >= 4 is 11.6 Å². The van der Waals surface area contributed by atoms with Crippen LogP contribution < -0.4 is 11.1 Å². The van der Waals surface area contributed by atoms with Gasteiger partial charge in [0, 0.05) is 13.1 Å². The molecule has 0 bridgehead atoms. The fraction of sp³-hybridized carbons (Fsp3) is 0.286. The highest BCUT2D eigenvalue weighted by Crippen LogP contribution is 2.15. The zero-order valence-corrected chi connectivity index (χ0v) is 12.7. The molecule has 2 aromatic heterocycles. The second-order valence-corrected chi connectivity index (χ2v) is 4.84. The van der Waals surface area contributed by atoms with Gasteiger partial charge in [-0.2, -0.15) is 10.2 Å². The third kappa shape index (κ3) is 3.05. The molecule has 0 atom stereocenters. The van der Waals surface area contributed by atoms with Crippen LogP contribution in [0.1, 0.15) is 34.4 Å². The number of carbonyl (C=O) groups is 1. The van der Waals surface area contributed by atoms with Crippen LogP contribution in [0, 0.1) is 13.8 Å². The van der Waals surface area contributed by atoms with Crippen LogP contribution in [0.3, 0.4) is 0 Å². The van der Waals surface area contributed by atoms with Crippen molar-refractivity contribution in [1.29, 1.82) is 0 Å². The molecule has 0 saturated carbocycles. The number of hydrazone groups is 1. The first-order valence-electron chi connectivity index (χ1n) is 6.49. The van der Waals surface area contributed by atoms with Crippen molar-refractivity contribution in [2.24, 2.45) is 12.1 Å². The molecule has 0 radical (unpaired) electrons. The SMILES string of the molecule is CC(=NNC(=O)c1cc(C)nn1C)c1c(O)cc(C)oc1=O. The van der Waals surface area contributed by atoms with Crippen LogP contribution in [0.25, 0.3) is 0 Å². The molecule has 2 heterocycles.